The molecular formula is C21H22F4N6. The van der Waals surface area contributed by atoms with E-state index in [-0.39, 0.29) is 12.1 Å². The lowest BCUT2D eigenvalue weighted by molar-refractivity contribution is -0.140. The Kier molecular flexibility index (Phi) is 5.65. The summed E-state index contributed by atoms with van der Waals surface area (Å²) >= 11 is 0. The average molecular weight is 434 g/mol. The summed E-state index contributed by atoms with van der Waals surface area (Å²) in [4.78, 5) is 8.97. The zero-order chi connectivity index (χ0) is 22.2. The zero-order valence-electron chi connectivity index (χ0n) is 17.2. The predicted octanol–water partition coefficient (Wildman–Crippen LogP) is 3.86. The smallest absolute Gasteiger partial charge is 0.364 e. The van der Waals surface area contributed by atoms with Crippen LogP contribution in [0, 0.1) is 12.7 Å². The summed E-state index contributed by atoms with van der Waals surface area (Å²) in [5, 5.41) is 12.7. The first kappa shape index (κ1) is 21.2. The molecule has 0 aliphatic carbocycles. The molecular weight excluding hydrogens is 412 g/mol. The number of likely N-dealkylation sites (N-methyl/N-ethyl adjacent to an activating group) is 1. The molecule has 4 rings (SSSR count). The number of fused-ring (bicyclic) bond motifs is 1. The molecule has 0 radical (unpaired) electrons. The Morgan fingerprint density at radius 2 is 1.81 bits per heavy atom. The molecule has 0 amide bonds. The molecule has 0 atom stereocenters. The lowest BCUT2D eigenvalue weighted by Gasteiger charge is -2.33. The van der Waals surface area contributed by atoms with Crippen LogP contribution in [0.1, 0.15) is 16.8 Å². The van der Waals surface area contributed by atoms with Gasteiger partial charge in [0.05, 0.1) is 11.3 Å². The van der Waals surface area contributed by atoms with Gasteiger partial charge in [0.1, 0.15) is 11.6 Å². The Labute approximate surface area is 176 Å². The molecule has 1 N–H and O–H groups in total. The number of alkyl halides is 3. The van der Waals surface area contributed by atoms with E-state index in [1.54, 1.807) is 6.20 Å². The van der Waals surface area contributed by atoms with Gasteiger partial charge in [-0.25, -0.2) is 9.37 Å². The van der Waals surface area contributed by atoms with Crippen LogP contribution in [0.3, 0.4) is 0 Å². The van der Waals surface area contributed by atoms with E-state index in [2.05, 4.69) is 37.3 Å². The van der Waals surface area contributed by atoms with Gasteiger partial charge in [-0.05, 0) is 26.1 Å². The van der Waals surface area contributed by atoms with Crippen molar-refractivity contribution in [2.75, 3.05) is 43.4 Å². The topological polar surface area (TPSA) is 57.2 Å². The van der Waals surface area contributed by atoms with E-state index in [1.165, 1.54) is 12.1 Å². The van der Waals surface area contributed by atoms with E-state index in [9.17, 15) is 17.6 Å². The third-order valence-electron chi connectivity index (χ3n) is 5.49. The van der Waals surface area contributed by atoms with E-state index in [0.29, 0.717) is 11.5 Å². The summed E-state index contributed by atoms with van der Waals surface area (Å²) in [6, 6.07) is 5.14. The summed E-state index contributed by atoms with van der Waals surface area (Å²) in [6.45, 7) is 5.17. The molecule has 31 heavy (non-hydrogen) atoms. The third-order valence-corrected chi connectivity index (χ3v) is 5.49. The van der Waals surface area contributed by atoms with Crippen molar-refractivity contribution in [1.82, 2.24) is 20.1 Å². The monoisotopic (exact) mass is 434 g/mol. The van der Waals surface area contributed by atoms with Crippen molar-refractivity contribution >= 4 is 22.4 Å². The molecule has 1 aromatic carbocycles. The highest BCUT2D eigenvalue weighted by Crippen LogP contribution is 2.33. The molecule has 3 heterocycles. The second-order valence-electron chi connectivity index (χ2n) is 7.64. The Balaban J connectivity index is 1.64. The number of hydrogen-bond acceptors (Lipinski definition) is 6. The molecule has 6 nitrogen and oxygen atoms in total. The number of piperazine rings is 1. The number of aryl methyl sites for hydroxylation is 1. The molecule has 1 fully saturated rings. The maximum atomic E-state index is 14.4. The predicted molar refractivity (Wildman–Crippen MR) is 111 cm³/mol. The fraction of sp³-hybridized carbons (Fsp3) is 0.381. The van der Waals surface area contributed by atoms with E-state index < -0.39 is 17.6 Å². The Morgan fingerprint density at radius 3 is 2.52 bits per heavy atom. The summed E-state index contributed by atoms with van der Waals surface area (Å²) in [7, 11) is 2.07. The number of nitrogens with one attached hydrogen (secondary N) is 1. The van der Waals surface area contributed by atoms with Gasteiger partial charge >= 0.3 is 6.18 Å². The first-order valence-corrected chi connectivity index (χ1v) is 9.89. The highest BCUT2D eigenvalue weighted by molar-refractivity contribution is 5.94. The molecule has 1 saturated heterocycles. The van der Waals surface area contributed by atoms with Crippen molar-refractivity contribution < 1.29 is 17.6 Å². The first-order chi connectivity index (χ1) is 14.7. The van der Waals surface area contributed by atoms with Crippen LogP contribution in [0.5, 0.6) is 0 Å². The van der Waals surface area contributed by atoms with Gasteiger partial charge in [-0.3, -0.25) is 0 Å². The lowest BCUT2D eigenvalue weighted by Crippen LogP contribution is -2.44. The average Bonchev–Trinajstić information content (AvgIpc) is 2.73. The van der Waals surface area contributed by atoms with Crippen LogP contribution in [0.15, 0.2) is 30.5 Å². The first-order valence-electron chi connectivity index (χ1n) is 9.89. The van der Waals surface area contributed by atoms with Crippen LogP contribution in [-0.4, -0.2) is 53.3 Å². The summed E-state index contributed by atoms with van der Waals surface area (Å²) in [6.07, 6.45) is -3.03. The number of anilines is 2. The quantitative estimate of drug-likeness (QED) is 0.630. The summed E-state index contributed by atoms with van der Waals surface area (Å²) in [5.41, 5.74) is -0.699. The van der Waals surface area contributed by atoms with Crippen LogP contribution in [-0.2, 0) is 12.7 Å². The number of benzene rings is 1. The van der Waals surface area contributed by atoms with Crippen LogP contribution < -0.4 is 10.2 Å². The molecule has 0 saturated carbocycles. The van der Waals surface area contributed by atoms with Crippen molar-refractivity contribution in [3.8, 4) is 0 Å². The maximum Gasteiger partial charge on any atom is 0.419 e. The van der Waals surface area contributed by atoms with Crippen LogP contribution in [0.25, 0.3) is 10.8 Å². The van der Waals surface area contributed by atoms with Gasteiger partial charge in [0.15, 0.2) is 5.82 Å². The van der Waals surface area contributed by atoms with E-state index in [4.69, 9.17) is 0 Å². The fourth-order valence-corrected chi connectivity index (χ4v) is 3.61. The van der Waals surface area contributed by atoms with Crippen molar-refractivity contribution in [2.24, 2.45) is 0 Å². The molecule has 0 bridgehead atoms. The van der Waals surface area contributed by atoms with E-state index >= 15 is 0 Å². The van der Waals surface area contributed by atoms with Gasteiger partial charge in [0.25, 0.3) is 0 Å². The van der Waals surface area contributed by atoms with Crippen molar-refractivity contribution in [3.63, 3.8) is 0 Å². The molecule has 1 aliphatic heterocycles. The van der Waals surface area contributed by atoms with Crippen molar-refractivity contribution in [3.05, 3.63) is 53.1 Å². The minimum atomic E-state index is -4.75. The number of halogens is 4. The number of pyridine rings is 1. The second-order valence-corrected chi connectivity index (χ2v) is 7.64. The van der Waals surface area contributed by atoms with Crippen LogP contribution in [0.4, 0.5) is 29.2 Å². The van der Waals surface area contributed by atoms with Gasteiger partial charge in [0, 0.05) is 55.3 Å². The van der Waals surface area contributed by atoms with E-state index in [0.717, 1.165) is 48.8 Å². The lowest BCUT2D eigenvalue weighted by atomic mass is 10.1. The molecule has 3 aromatic rings. The molecule has 164 valence electrons. The Morgan fingerprint density at radius 1 is 1.06 bits per heavy atom. The molecule has 1 aliphatic rings. The van der Waals surface area contributed by atoms with Gasteiger partial charge in [0.2, 0.25) is 0 Å². The minimum Gasteiger partial charge on any atom is -0.364 e. The van der Waals surface area contributed by atoms with Crippen LogP contribution >= 0.6 is 0 Å². The van der Waals surface area contributed by atoms with Crippen molar-refractivity contribution in [1.29, 1.82) is 0 Å². The molecule has 2 aromatic heterocycles. The highest BCUT2D eigenvalue weighted by atomic mass is 19.4. The van der Waals surface area contributed by atoms with E-state index in [1.807, 2.05) is 13.0 Å². The van der Waals surface area contributed by atoms with Gasteiger partial charge < -0.3 is 15.1 Å². The SMILES string of the molecule is Cc1nnc(NCc2cccc(C(F)(F)F)c2F)c2cc(N3CCN(C)CC3)ncc12. The Bertz CT molecular complexity index is 1090. The zero-order valence-corrected chi connectivity index (χ0v) is 17.2. The van der Waals surface area contributed by atoms with Crippen molar-refractivity contribution in [2.45, 2.75) is 19.6 Å². The number of aromatic nitrogens is 3. The normalized spacial score (nSPS) is 15.5. The number of hydrogen-bond donors (Lipinski definition) is 1. The summed E-state index contributed by atoms with van der Waals surface area (Å²) < 4.78 is 53.3. The largest absolute Gasteiger partial charge is 0.419 e. The standard InChI is InChI=1S/C21H22F4N6/c1-13-16-12-26-18(31-8-6-30(2)7-9-31)10-15(16)20(29-28-13)27-11-14-4-3-5-17(19(14)22)21(23,24)25/h3-5,10,12H,6-9,11H2,1-2H3,(H,27,29). The highest BCUT2D eigenvalue weighted by Gasteiger charge is 2.34. The number of nitrogens with zero attached hydrogens (tertiary/aromatic N) is 5. The second kappa shape index (κ2) is 8.26. The minimum absolute atomic E-state index is 0.0984. The Hall–Kier alpha value is -3.01. The summed E-state index contributed by atoms with van der Waals surface area (Å²) in [5.74, 6) is -0.122. The fourth-order valence-electron chi connectivity index (χ4n) is 3.61. The molecule has 0 unspecified atom stereocenters. The molecule has 10 heteroatoms. The number of rotatable bonds is 4. The maximum absolute atomic E-state index is 14.4. The van der Waals surface area contributed by atoms with Gasteiger partial charge in [-0.1, -0.05) is 12.1 Å². The van der Waals surface area contributed by atoms with Gasteiger partial charge in [-0.15, -0.1) is 5.10 Å². The molecule has 0 spiro atoms. The van der Waals surface area contributed by atoms with Gasteiger partial charge in [-0.2, -0.15) is 18.3 Å². The third kappa shape index (κ3) is 4.39. The van der Waals surface area contributed by atoms with Crippen LogP contribution in [0.2, 0.25) is 0 Å².